The molecule has 0 spiro atoms. The van der Waals surface area contributed by atoms with E-state index in [1.807, 2.05) is 0 Å². The molecule has 0 heterocycles. The molecule has 0 radical (unpaired) electrons. The molecule has 0 saturated heterocycles. The Hall–Kier alpha value is 0.500. The van der Waals surface area contributed by atoms with Crippen molar-refractivity contribution in [3.05, 3.63) is 0 Å². The lowest BCUT2D eigenvalue weighted by Crippen LogP contribution is -2.23. The zero-order valence-electron chi connectivity index (χ0n) is 7.84. The molecule has 0 aliphatic heterocycles. The maximum Gasteiger partial charge on any atom is 0.00745 e. The summed E-state index contributed by atoms with van der Waals surface area (Å²) in [6.45, 7) is 5.09. The highest BCUT2D eigenvalue weighted by molar-refractivity contribution is 5.85. The Kier molecular flexibility index (Phi) is 26.8. The zero-order chi connectivity index (χ0) is 7.66. The van der Waals surface area contributed by atoms with Crippen molar-refractivity contribution in [2.45, 2.75) is 32.6 Å². The molecule has 0 saturated carbocycles. The molecule has 3 N–H and O–H groups in total. The topological polar surface area (TPSA) is 38.0 Å². The fraction of sp³-hybridized carbons (Fsp3) is 1.00. The van der Waals surface area contributed by atoms with Crippen molar-refractivity contribution in [2.24, 2.45) is 5.73 Å². The summed E-state index contributed by atoms with van der Waals surface area (Å²) < 4.78 is 0. The van der Waals surface area contributed by atoms with Crippen LogP contribution in [0.2, 0.25) is 0 Å². The number of hydrogen-bond acceptors (Lipinski definition) is 2. The van der Waals surface area contributed by atoms with Gasteiger partial charge in [0, 0.05) is 13.1 Å². The van der Waals surface area contributed by atoms with E-state index >= 15 is 0 Å². The number of nitrogens with two attached hydrogens (primary N) is 1. The van der Waals surface area contributed by atoms with Gasteiger partial charge in [0.1, 0.15) is 0 Å². The second kappa shape index (κ2) is 17.5. The van der Waals surface area contributed by atoms with E-state index in [1.54, 1.807) is 0 Å². The van der Waals surface area contributed by atoms with Crippen LogP contribution in [-0.2, 0) is 0 Å². The predicted molar refractivity (Wildman–Crippen MR) is 60.6 cm³/mol. The Morgan fingerprint density at radius 1 is 1.00 bits per heavy atom. The van der Waals surface area contributed by atoms with E-state index in [0.717, 1.165) is 19.6 Å². The smallest absolute Gasteiger partial charge is 0.00745 e. The monoisotopic (exact) mass is 216 g/mol. The molecule has 2 nitrogen and oxygen atoms in total. The highest BCUT2D eigenvalue weighted by Crippen LogP contribution is 1.96. The van der Waals surface area contributed by atoms with Gasteiger partial charge < -0.3 is 11.1 Å². The molecule has 0 aromatic rings. The van der Waals surface area contributed by atoms with Gasteiger partial charge in [-0.25, -0.2) is 0 Å². The number of hydrogen-bond donors (Lipinski definition) is 2. The van der Waals surface area contributed by atoms with Gasteiger partial charge in [0.15, 0.2) is 0 Å². The number of halogens is 2. The normalized spacial score (nSPS) is 8.50. The van der Waals surface area contributed by atoms with Crippen molar-refractivity contribution < 1.29 is 0 Å². The molecule has 0 rings (SSSR count). The quantitative estimate of drug-likeness (QED) is 0.640. The first kappa shape index (κ1) is 18.3. The minimum Gasteiger partial charge on any atom is -0.329 e. The van der Waals surface area contributed by atoms with Gasteiger partial charge in [-0.15, -0.1) is 24.8 Å². The molecule has 0 aliphatic rings. The van der Waals surface area contributed by atoms with Gasteiger partial charge in [-0.1, -0.05) is 26.2 Å². The summed E-state index contributed by atoms with van der Waals surface area (Å²) in [5.41, 5.74) is 5.31. The minimum atomic E-state index is 0. The van der Waals surface area contributed by atoms with Crippen molar-refractivity contribution in [3.63, 3.8) is 0 Å². The maximum absolute atomic E-state index is 5.31. The molecule has 0 atom stereocenters. The number of rotatable bonds is 7. The molecule has 12 heavy (non-hydrogen) atoms. The standard InChI is InChI=1S/C8H20N2.2ClH/c1-2-3-4-5-7-10-8-6-9;;/h10H,2-9H2,1H3;2*1H. The largest absolute Gasteiger partial charge is 0.329 e. The average molecular weight is 217 g/mol. The summed E-state index contributed by atoms with van der Waals surface area (Å²) in [5, 5.41) is 3.27. The molecule has 0 aromatic carbocycles. The van der Waals surface area contributed by atoms with Crippen molar-refractivity contribution >= 4 is 24.8 Å². The minimum absolute atomic E-state index is 0. The molecule has 0 unspecified atom stereocenters. The van der Waals surface area contributed by atoms with E-state index in [9.17, 15) is 0 Å². The van der Waals surface area contributed by atoms with Gasteiger partial charge in [-0.05, 0) is 13.0 Å². The van der Waals surface area contributed by atoms with E-state index in [4.69, 9.17) is 5.73 Å². The lowest BCUT2D eigenvalue weighted by Gasteiger charge is -2.00. The van der Waals surface area contributed by atoms with Crippen LogP contribution in [0.1, 0.15) is 32.6 Å². The van der Waals surface area contributed by atoms with E-state index in [1.165, 1.54) is 25.7 Å². The van der Waals surface area contributed by atoms with E-state index in [-0.39, 0.29) is 24.8 Å². The van der Waals surface area contributed by atoms with Crippen LogP contribution >= 0.6 is 24.8 Å². The molecule has 0 amide bonds. The molecular weight excluding hydrogens is 195 g/mol. The van der Waals surface area contributed by atoms with Crippen LogP contribution in [0.4, 0.5) is 0 Å². The van der Waals surface area contributed by atoms with Crippen molar-refractivity contribution in [2.75, 3.05) is 19.6 Å². The van der Waals surface area contributed by atoms with Crippen LogP contribution in [0.3, 0.4) is 0 Å². The Bertz CT molecular complexity index is 55.0. The van der Waals surface area contributed by atoms with Crippen LogP contribution in [0.15, 0.2) is 0 Å². The van der Waals surface area contributed by atoms with E-state index < -0.39 is 0 Å². The first-order chi connectivity index (χ1) is 4.91. The molecular formula is C8H22Cl2N2. The predicted octanol–water partition coefficient (Wildman–Crippen LogP) is 1.96. The third-order valence-corrected chi connectivity index (χ3v) is 1.53. The summed E-state index contributed by atoms with van der Waals surface area (Å²) in [6.07, 6.45) is 5.34. The lowest BCUT2D eigenvalue weighted by molar-refractivity contribution is 0.602. The van der Waals surface area contributed by atoms with Gasteiger partial charge in [0.25, 0.3) is 0 Å². The SMILES string of the molecule is CCCCCCNCCN.Cl.Cl. The van der Waals surface area contributed by atoms with Crippen molar-refractivity contribution in [1.29, 1.82) is 0 Å². The van der Waals surface area contributed by atoms with Crippen LogP contribution in [0.5, 0.6) is 0 Å². The van der Waals surface area contributed by atoms with Crippen LogP contribution < -0.4 is 11.1 Å². The molecule has 0 fully saturated rings. The van der Waals surface area contributed by atoms with Crippen molar-refractivity contribution in [1.82, 2.24) is 5.32 Å². The fourth-order valence-corrected chi connectivity index (χ4v) is 0.904. The average Bonchev–Trinajstić information content (AvgIpc) is 1.97. The Morgan fingerprint density at radius 3 is 2.17 bits per heavy atom. The van der Waals surface area contributed by atoms with Gasteiger partial charge in [-0.3, -0.25) is 0 Å². The molecule has 0 bridgehead atoms. The Balaban J connectivity index is -0.000000405. The summed E-state index contributed by atoms with van der Waals surface area (Å²) in [4.78, 5) is 0. The van der Waals surface area contributed by atoms with E-state index in [2.05, 4.69) is 12.2 Å². The number of nitrogens with one attached hydrogen (secondary N) is 1. The first-order valence-corrected chi connectivity index (χ1v) is 4.32. The lowest BCUT2D eigenvalue weighted by atomic mass is 10.2. The molecule has 78 valence electrons. The van der Waals surface area contributed by atoms with Gasteiger partial charge >= 0.3 is 0 Å². The molecule has 4 heteroatoms. The second-order valence-electron chi connectivity index (χ2n) is 2.60. The van der Waals surface area contributed by atoms with Crippen molar-refractivity contribution in [3.8, 4) is 0 Å². The van der Waals surface area contributed by atoms with Gasteiger partial charge in [-0.2, -0.15) is 0 Å². The van der Waals surface area contributed by atoms with Crippen LogP contribution in [0.25, 0.3) is 0 Å². The summed E-state index contributed by atoms with van der Waals surface area (Å²) >= 11 is 0. The Morgan fingerprint density at radius 2 is 1.67 bits per heavy atom. The summed E-state index contributed by atoms with van der Waals surface area (Å²) in [7, 11) is 0. The third-order valence-electron chi connectivity index (χ3n) is 1.53. The second-order valence-corrected chi connectivity index (χ2v) is 2.60. The zero-order valence-corrected chi connectivity index (χ0v) is 9.48. The first-order valence-electron chi connectivity index (χ1n) is 4.32. The Labute approximate surface area is 88.5 Å². The van der Waals surface area contributed by atoms with Crippen LogP contribution in [-0.4, -0.2) is 19.6 Å². The molecule has 0 aromatic heterocycles. The highest BCUT2D eigenvalue weighted by atomic mass is 35.5. The van der Waals surface area contributed by atoms with E-state index in [0.29, 0.717) is 0 Å². The third kappa shape index (κ3) is 16.8. The molecule has 0 aliphatic carbocycles. The van der Waals surface area contributed by atoms with Crippen LogP contribution in [0, 0.1) is 0 Å². The maximum atomic E-state index is 5.31. The highest BCUT2D eigenvalue weighted by Gasteiger charge is 1.85. The summed E-state index contributed by atoms with van der Waals surface area (Å²) in [5.74, 6) is 0. The fourth-order valence-electron chi connectivity index (χ4n) is 0.904. The number of unbranched alkanes of at least 4 members (excludes halogenated alkanes) is 3. The summed E-state index contributed by atoms with van der Waals surface area (Å²) in [6, 6.07) is 0. The van der Waals surface area contributed by atoms with Gasteiger partial charge in [0.05, 0.1) is 0 Å². The van der Waals surface area contributed by atoms with Gasteiger partial charge in [0.2, 0.25) is 0 Å².